The number of hydrogen-bond acceptors (Lipinski definition) is 4. The van der Waals surface area contributed by atoms with Crippen LogP contribution >= 0.6 is 23.2 Å². The number of sulfonamides is 1. The van der Waals surface area contributed by atoms with Gasteiger partial charge in [0.2, 0.25) is 21.8 Å². The smallest absolute Gasteiger partial charge is 0.244 e. The summed E-state index contributed by atoms with van der Waals surface area (Å²) in [6, 6.07) is 13.1. The van der Waals surface area contributed by atoms with Crippen LogP contribution in [0.4, 0.5) is 5.69 Å². The predicted molar refractivity (Wildman–Crippen MR) is 138 cm³/mol. The Morgan fingerprint density at radius 1 is 1.03 bits per heavy atom. The number of nitrogens with one attached hydrogen (secondary N) is 1. The first-order valence-corrected chi connectivity index (χ1v) is 13.7. The van der Waals surface area contributed by atoms with Gasteiger partial charge in [-0.2, -0.15) is 0 Å². The number of amides is 2. The van der Waals surface area contributed by atoms with Gasteiger partial charge >= 0.3 is 0 Å². The van der Waals surface area contributed by atoms with Gasteiger partial charge in [-0.3, -0.25) is 13.9 Å². The molecule has 1 N–H and O–H groups in total. The number of rotatable bonds is 12. The fourth-order valence-electron chi connectivity index (χ4n) is 3.49. The summed E-state index contributed by atoms with van der Waals surface area (Å²) in [5.41, 5.74) is 0.924. The van der Waals surface area contributed by atoms with Gasteiger partial charge in [-0.1, -0.05) is 79.9 Å². The molecule has 0 aliphatic rings. The molecule has 0 saturated heterocycles. The molecule has 2 rings (SSSR count). The summed E-state index contributed by atoms with van der Waals surface area (Å²) in [7, 11) is -3.89. The molecule has 0 aliphatic heterocycles. The van der Waals surface area contributed by atoms with Crippen LogP contribution in [-0.4, -0.2) is 50.5 Å². The molecule has 0 heterocycles. The van der Waals surface area contributed by atoms with Crippen molar-refractivity contribution in [1.82, 2.24) is 10.2 Å². The zero-order chi connectivity index (χ0) is 25.3. The Morgan fingerprint density at radius 3 is 2.29 bits per heavy atom. The molecule has 0 fully saturated rings. The number of hydrogen-bond donors (Lipinski definition) is 1. The molecular formula is C24H31Cl2N3O4S. The fourth-order valence-corrected chi connectivity index (χ4v) is 4.79. The van der Waals surface area contributed by atoms with E-state index in [2.05, 4.69) is 5.32 Å². The molecule has 2 aromatic carbocycles. The average molecular weight is 529 g/mol. The molecule has 2 amide bonds. The van der Waals surface area contributed by atoms with E-state index in [0.717, 1.165) is 29.0 Å². The standard InChI is InChI=1S/C24H31Cl2N3O4S/c1-4-6-15-27-24(31)20(5-2)28(16-18-11-8-7-9-12-18)22(30)17-29(34(3,32)33)21-14-10-13-19(25)23(21)26/h7-14,20H,4-6,15-17H2,1-3H3,(H,27,31). The molecule has 10 heteroatoms. The monoisotopic (exact) mass is 527 g/mol. The Kier molecular flexibility index (Phi) is 10.7. The number of anilines is 1. The highest BCUT2D eigenvalue weighted by Crippen LogP contribution is 2.33. The number of unbranched alkanes of at least 4 members (excludes halogenated alkanes) is 1. The van der Waals surface area contributed by atoms with Crippen molar-refractivity contribution in [2.45, 2.75) is 45.7 Å². The van der Waals surface area contributed by atoms with Gasteiger partial charge in [-0.25, -0.2) is 8.42 Å². The summed E-state index contributed by atoms with van der Waals surface area (Å²) < 4.78 is 26.2. The molecule has 34 heavy (non-hydrogen) atoms. The van der Waals surface area contributed by atoms with Crippen molar-refractivity contribution in [2.75, 3.05) is 23.7 Å². The van der Waals surface area contributed by atoms with E-state index in [9.17, 15) is 18.0 Å². The first-order valence-electron chi connectivity index (χ1n) is 11.1. The van der Waals surface area contributed by atoms with Gasteiger partial charge in [-0.15, -0.1) is 0 Å². The van der Waals surface area contributed by atoms with Crippen LogP contribution in [0.25, 0.3) is 0 Å². The minimum atomic E-state index is -3.89. The summed E-state index contributed by atoms with van der Waals surface area (Å²) in [6.07, 6.45) is 3.11. The van der Waals surface area contributed by atoms with Crippen molar-refractivity contribution in [1.29, 1.82) is 0 Å². The van der Waals surface area contributed by atoms with Crippen molar-refractivity contribution >= 4 is 50.7 Å². The minimum absolute atomic E-state index is 0.0290. The molecular weight excluding hydrogens is 497 g/mol. The second kappa shape index (κ2) is 13.0. The minimum Gasteiger partial charge on any atom is -0.354 e. The third kappa shape index (κ3) is 7.61. The number of halogens is 2. The highest BCUT2D eigenvalue weighted by Gasteiger charge is 2.32. The maximum absolute atomic E-state index is 13.6. The Labute approximate surface area is 212 Å². The number of benzene rings is 2. The lowest BCUT2D eigenvalue weighted by atomic mass is 10.1. The summed E-state index contributed by atoms with van der Waals surface area (Å²) in [4.78, 5) is 28.0. The first-order chi connectivity index (χ1) is 16.1. The van der Waals surface area contributed by atoms with E-state index in [-0.39, 0.29) is 28.2 Å². The summed E-state index contributed by atoms with van der Waals surface area (Å²) in [5, 5.41) is 3.08. The molecule has 1 unspecified atom stereocenters. The summed E-state index contributed by atoms with van der Waals surface area (Å²) >= 11 is 12.4. The summed E-state index contributed by atoms with van der Waals surface area (Å²) in [6.45, 7) is 3.98. The molecule has 0 spiro atoms. The van der Waals surface area contributed by atoms with Gasteiger partial charge in [0, 0.05) is 13.1 Å². The third-order valence-electron chi connectivity index (χ3n) is 5.29. The maximum atomic E-state index is 13.6. The van der Waals surface area contributed by atoms with Crippen molar-refractivity contribution in [3.05, 3.63) is 64.1 Å². The Morgan fingerprint density at radius 2 is 1.71 bits per heavy atom. The summed E-state index contributed by atoms with van der Waals surface area (Å²) in [5.74, 6) is -0.797. The van der Waals surface area contributed by atoms with E-state index in [4.69, 9.17) is 23.2 Å². The first kappa shape index (κ1) is 28.0. The second-order valence-electron chi connectivity index (χ2n) is 7.92. The van der Waals surface area contributed by atoms with E-state index in [1.807, 2.05) is 44.2 Å². The van der Waals surface area contributed by atoms with Crippen LogP contribution in [0, 0.1) is 0 Å². The van der Waals surface area contributed by atoms with Crippen LogP contribution < -0.4 is 9.62 Å². The quantitative estimate of drug-likeness (QED) is 0.412. The van der Waals surface area contributed by atoms with Crippen molar-refractivity contribution < 1.29 is 18.0 Å². The van der Waals surface area contributed by atoms with Crippen LogP contribution in [0.3, 0.4) is 0 Å². The zero-order valence-corrected chi connectivity index (χ0v) is 22.0. The van der Waals surface area contributed by atoms with Gasteiger partial charge < -0.3 is 10.2 Å². The second-order valence-corrected chi connectivity index (χ2v) is 10.6. The fraction of sp³-hybridized carbons (Fsp3) is 0.417. The van der Waals surface area contributed by atoms with Gasteiger partial charge in [0.1, 0.15) is 12.6 Å². The molecule has 0 aliphatic carbocycles. The molecule has 0 aromatic heterocycles. The lowest BCUT2D eigenvalue weighted by Gasteiger charge is -2.33. The Balaban J connectivity index is 2.42. The average Bonchev–Trinajstić information content (AvgIpc) is 2.79. The normalized spacial score (nSPS) is 12.1. The molecule has 7 nitrogen and oxygen atoms in total. The molecule has 2 aromatic rings. The van der Waals surface area contributed by atoms with E-state index in [1.54, 1.807) is 6.07 Å². The lowest BCUT2D eigenvalue weighted by Crippen LogP contribution is -2.52. The third-order valence-corrected chi connectivity index (χ3v) is 7.23. The van der Waals surface area contributed by atoms with Crippen molar-refractivity contribution in [2.24, 2.45) is 0 Å². The maximum Gasteiger partial charge on any atom is 0.244 e. The van der Waals surface area contributed by atoms with E-state index in [0.29, 0.717) is 13.0 Å². The van der Waals surface area contributed by atoms with Crippen LogP contribution in [0.15, 0.2) is 48.5 Å². The van der Waals surface area contributed by atoms with Crippen LogP contribution in [0.5, 0.6) is 0 Å². The van der Waals surface area contributed by atoms with Crippen molar-refractivity contribution in [3.63, 3.8) is 0 Å². The van der Waals surface area contributed by atoms with Gasteiger partial charge in [-0.05, 0) is 30.5 Å². The van der Waals surface area contributed by atoms with E-state index in [1.165, 1.54) is 17.0 Å². The zero-order valence-electron chi connectivity index (χ0n) is 19.6. The molecule has 1 atom stereocenters. The highest BCUT2D eigenvalue weighted by atomic mass is 35.5. The topological polar surface area (TPSA) is 86.8 Å². The molecule has 0 bridgehead atoms. The SMILES string of the molecule is CCCCNC(=O)C(CC)N(Cc1ccccc1)C(=O)CN(c1cccc(Cl)c1Cl)S(C)(=O)=O. The number of carbonyl (C=O) groups is 2. The van der Waals surface area contributed by atoms with E-state index < -0.39 is 28.5 Å². The Hall–Kier alpha value is -2.29. The number of carbonyl (C=O) groups excluding carboxylic acids is 2. The molecule has 0 saturated carbocycles. The van der Waals surface area contributed by atoms with Gasteiger partial charge in [0.15, 0.2) is 0 Å². The largest absolute Gasteiger partial charge is 0.354 e. The number of nitrogens with zero attached hydrogens (tertiary/aromatic N) is 2. The lowest BCUT2D eigenvalue weighted by molar-refractivity contribution is -0.140. The predicted octanol–water partition coefficient (Wildman–Crippen LogP) is 4.48. The van der Waals surface area contributed by atoms with Gasteiger partial charge in [0.25, 0.3) is 0 Å². The van der Waals surface area contributed by atoms with Crippen LogP contribution in [0.2, 0.25) is 10.0 Å². The molecule has 0 radical (unpaired) electrons. The van der Waals surface area contributed by atoms with Gasteiger partial charge in [0.05, 0.1) is 22.0 Å². The highest BCUT2D eigenvalue weighted by molar-refractivity contribution is 7.92. The van der Waals surface area contributed by atoms with Crippen molar-refractivity contribution in [3.8, 4) is 0 Å². The molecule has 186 valence electrons. The van der Waals surface area contributed by atoms with Crippen LogP contribution in [0.1, 0.15) is 38.7 Å². The Bertz CT molecular complexity index is 1080. The van der Waals surface area contributed by atoms with Crippen LogP contribution in [-0.2, 0) is 26.2 Å². The van der Waals surface area contributed by atoms with E-state index >= 15 is 0 Å².